The number of carboxylic acid groups (broad SMARTS) is 1. The molecule has 1 unspecified atom stereocenters. The van der Waals surface area contributed by atoms with E-state index in [0.29, 0.717) is 19.0 Å². The van der Waals surface area contributed by atoms with Gasteiger partial charge in [-0.1, -0.05) is 12.1 Å². The van der Waals surface area contributed by atoms with Crippen molar-refractivity contribution in [3.63, 3.8) is 0 Å². The van der Waals surface area contributed by atoms with E-state index in [9.17, 15) is 9.59 Å². The lowest BCUT2D eigenvalue weighted by atomic mass is 10.2. The van der Waals surface area contributed by atoms with Crippen LogP contribution in [0.3, 0.4) is 0 Å². The first-order chi connectivity index (χ1) is 10.5. The van der Waals surface area contributed by atoms with Crippen molar-refractivity contribution in [3.05, 3.63) is 24.3 Å². The van der Waals surface area contributed by atoms with Gasteiger partial charge in [-0.3, -0.25) is 14.5 Å². The number of rotatable bonds is 8. The lowest BCUT2D eigenvalue weighted by molar-refractivity contribution is -0.143. The van der Waals surface area contributed by atoms with E-state index in [4.69, 9.17) is 5.11 Å². The first-order valence-corrected chi connectivity index (χ1v) is 8.67. The summed E-state index contributed by atoms with van der Waals surface area (Å²) in [6.45, 7) is 2.16. The molecule has 2 N–H and O–H groups in total. The number of carboxylic acids is 1. The highest BCUT2D eigenvalue weighted by atomic mass is 32.2. The van der Waals surface area contributed by atoms with Gasteiger partial charge in [0.15, 0.2) is 0 Å². The summed E-state index contributed by atoms with van der Waals surface area (Å²) in [5, 5.41) is 12.1. The largest absolute Gasteiger partial charge is 0.480 e. The number of benzene rings is 1. The normalized spacial score (nSPS) is 15.6. The van der Waals surface area contributed by atoms with E-state index in [1.165, 1.54) is 0 Å². The molecule has 1 aromatic carbocycles. The third-order valence-corrected chi connectivity index (χ3v) is 4.64. The van der Waals surface area contributed by atoms with Crippen LogP contribution >= 0.6 is 11.8 Å². The van der Waals surface area contributed by atoms with Crippen molar-refractivity contribution in [1.29, 1.82) is 0 Å². The molecule has 5 nitrogen and oxygen atoms in total. The van der Waals surface area contributed by atoms with Gasteiger partial charge in [0.25, 0.3) is 0 Å². The van der Waals surface area contributed by atoms with Crippen LogP contribution in [0.5, 0.6) is 0 Å². The van der Waals surface area contributed by atoms with Gasteiger partial charge in [0.1, 0.15) is 6.04 Å². The zero-order valence-electron chi connectivity index (χ0n) is 12.9. The van der Waals surface area contributed by atoms with Gasteiger partial charge in [0, 0.05) is 23.9 Å². The molecule has 1 atom stereocenters. The molecule has 1 aromatic rings. The third-order valence-electron chi connectivity index (χ3n) is 3.85. The van der Waals surface area contributed by atoms with Crippen LogP contribution in [-0.2, 0) is 9.59 Å². The molecule has 1 amide bonds. The molecule has 120 valence electrons. The topological polar surface area (TPSA) is 69.6 Å². The number of nitrogens with one attached hydrogen (secondary N) is 1. The molecule has 0 bridgehead atoms. The van der Waals surface area contributed by atoms with E-state index in [1.807, 2.05) is 35.4 Å². The number of carbonyl (C=O) groups is 2. The summed E-state index contributed by atoms with van der Waals surface area (Å²) in [5.41, 5.74) is 0.809. The Balaban J connectivity index is 1.90. The second kappa shape index (κ2) is 7.65. The number of hydrogen-bond donors (Lipinski definition) is 2. The molecule has 1 aliphatic carbocycles. The fourth-order valence-electron chi connectivity index (χ4n) is 2.43. The minimum Gasteiger partial charge on any atom is -0.480 e. The first-order valence-electron chi connectivity index (χ1n) is 7.44. The van der Waals surface area contributed by atoms with Crippen LogP contribution in [0.1, 0.15) is 26.2 Å². The summed E-state index contributed by atoms with van der Waals surface area (Å²) < 4.78 is 0. The summed E-state index contributed by atoms with van der Waals surface area (Å²) in [7, 11) is 0. The van der Waals surface area contributed by atoms with E-state index < -0.39 is 12.0 Å². The monoisotopic (exact) mass is 322 g/mol. The highest BCUT2D eigenvalue weighted by Gasteiger charge is 2.34. The van der Waals surface area contributed by atoms with Gasteiger partial charge >= 0.3 is 5.97 Å². The minimum absolute atomic E-state index is 0.0789. The fourth-order valence-corrected chi connectivity index (χ4v) is 2.99. The average Bonchev–Trinajstić information content (AvgIpc) is 3.32. The number of anilines is 1. The van der Waals surface area contributed by atoms with Gasteiger partial charge in [0.05, 0.1) is 5.69 Å². The van der Waals surface area contributed by atoms with Crippen molar-refractivity contribution in [1.82, 2.24) is 4.90 Å². The summed E-state index contributed by atoms with van der Waals surface area (Å²) in [4.78, 5) is 26.2. The van der Waals surface area contributed by atoms with Crippen molar-refractivity contribution < 1.29 is 14.7 Å². The molecule has 0 spiro atoms. The van der Waals surface area contributed by atoms with Crippen molar-refractivity contribution >= 4 is 29.3 Å². The molecule has 0 aromatic heterocycles. The van der Waals surface area contributed by atoms with E-state index >= 15 is 0 Å². The van der Waals surface area contributed by atoms with E-state index in [1.54, 1.807) is 18.7 Å². The van der Waals surface area contributed by atoms with E-state index in [0.717, 1.165) is 23.4 Å². The van der Waals surface area contributed by atoms with Crippen molar-refractivity contribution in [2.45, 2.75) is 43.2 Å². The number of carbonyl (C=O) groups excluding carboxylic acids is 1. The molecule has 22 heavy (non-hydrogen) atoms. The fraction of sp³-hybridized carbons (Fsp3) is 0.500. The van der Waals surface area contributed by atoms with Gasteiger partial charge < -0.3 is 10.4 Å². The molecule has 2 rings (SSSR count). The van der Waals surface area contributed by atoms with Gasteiger partial charge in [0.2, 0.25) is 5.91 Å². The quantitative estimate of drug-likeness (QED) is 0.720. The number of para-hydroxylation sites is 1. The molecule has 6 heteroatoms. The highest BCUT2D eigenvalue weighted by molar-refractivity contribution is 7.98. The third kappa shape index (κ3) is 4.48. The predicted octanol–water partition coefficient (Wildman–Crippen LogP) is 2.67. The van der Waals surface area contributed by atoms with Gasteiger partial charge in [-0.2, -0.15) is 0 Å². The molecule has 1 aliphatic rings. The maximum absolute atomic E-state index is 12.1. The Labute approximate surface area is 135 Å². The molecule has 0 aliphatic heterocycles. The Hall–Kier alpha value is -1.53. The van der Waals surface area contributed by atoms with Crippen LogP contribution in [0, 0.1) is 0 Å². The van der Waals surface area contributed by atoms with E-state index in [2.05, 4.69) is 5.32 Å². The second-order valence-corrected chi connectivity index (χ2v) is 6.33. The number of aliphatic carboxylic acids is 1. The van der Waals surface area contributed by atoms with Crippen LogP contribution in [0.15, 0.2) is 29.2 Å². The van der Waals surface area contributed by atoms with E-state index in [-0.39, 0.29) is 5.91 Å². The second-order valence-electron chi connectivity index (χ2n) is 5.48. The Morgan fingerprint density at radius 1 is 1.41 bits per heavy atom. The molecular weight excluding hydrogens is 300 g/mol. The number of amides is 1. The zero-order chi connectivity index (χ0) is 16.1. The summed E-state index contributed by atoms with van der Waals surface area (Å²) in [5.74, 6) is -0.912. The minimum atomic E-state index is -0.833. The van der Waals surface area contributed by atoms with Crippen LogP contribution in [-0.4, -0.2) is 46.8 Å². The lowest BCUT2D eigenvalue weighted by Gasteiger charge is -2.25. The van der Waals surface area contributed by atoms with Crippen molar-refractivity contribution in [3.8, 4) is 0 Å². The van der Waals surface area contributed by atoms with Crippen LogP contribution in [0.2, 0.25) is 0 Å². The smallest absolute Gasteiger partial charge is 0.320 e. The average molecular weight is 322 g/mol. The maximum atomic E-state index is 12.1. The Morgan fingerprint density at radius 2 is 2.09 bits per heavy atom. The van der Waals surface area contributed by atoms with Crippen molar-refractivity contribution in [2.24, 2.45) is 0 Å². The number of thioether (sulfide) groups is 1. The van der Waals surface area contributed by atoms with Crippen LogP contribution in [0.4, 0.5) is 5.69 Å². The molecule has 0 heterocycles. The molecular formula is C16H22N2O3S. The maximum Gasteiger partial charge on any atom is 0.320 e. The van der Waals surface area contributed by atoms with Gasteiger partial charge in [-0.25, -0.2) is 0 Å². The SMILES string of the molecule is CSc1ccccc1NC(=O)CCN(C1CC1)C(C)C(=O)O. The van der Waals surface area contributed by atoms with Crippen molar-refractivity contribution in [2.75, 3.05) is 18.1 Å². The predicted molar refractivity (Wildman–Crippen MR) is 88.3 cm³/mol. The number of hydrogen-bond acceptors (Lipinski definition) is 4. The number of nitrogens with zero attached hydrogens (tertiary/aromatic N) is 1. The van der Waals surface area contributed by atoms with Crippen LogP contribution < -0.4 is 5.32 Å². The molecule has 0 saturated heterocycles. The van der Waals surface area contributed by atoms with Gasteiger partial charge in [-0.05, 0) is 38.2 Å². The lowest BCUT2D eigenvalue weighted by Crippen LogP contribution is -2.42. The van der Waals surface area contributed by atoms with Gasteiger partial charge in [-0.15, -0.1) is 11.8 Å². The standard InChI is InChI=1S/C16H22N2O3S/c1-11(16(20)21)18(12-7-8-12)10-9-15(19)17-13-5-3-4-6-14(13)22-2/h3-6,11-12H,7-10H2,1-2H3,(H,17,19)(H,20,21). The zero-order valence-corrected chi connectivity index (χ0v) is 13.7. The van der Waals surface area contributed by atoms with Crippen LogP contribution in [0.25, 0.3) is 0 Å². The summed E-state index contributed by atoms with van der Waals surface area (Å²) >= 11 is 1.58. The molecule has 0 radical (unpaired) electrons. The highest BCUT2D eigenvalue weighted by Crippen LogP contribution is 2.29. The molecule has 1 saturated carbocycles. The molecule has 1 fully saturated rings. The summed E-state index contributed by atoms with van der Waals surface area (Å²) in [6.07, 6.45) is 4.31. The Kier molecular flexibility index (Phi) is 5.85. The summed E-state index contributed by atoms with van der Waals surface area (Å²) in [6, 6.07) is 7.44. The Bertz CT molecular complexity index is 546. The Morgan fingerprint density at radius 3 is 2.68 bits per heavy atom. The first kappa shape index (κ1) is 16.8.